The minimum atomic E-state index is 0. The maximum absolute atomic E-state index is 13.2. The van der Waals surface area contributed by atoms with Crippen LogP contribution < -0.4 is 9.64 Å². The molecule has 0 aliphatic heterocycles. The van der Waals surface area contributed by atoms with Crippen molar-refractivity contribution >= 4 is 45.0 Å². The number of thiazole rings is 1. The molecule has 0 aliphatic carbocycles. The smallest absolute Gasteiger partial charge is 0.229 e. The molecule has 0 aliphatic rings. The zero-order valence-electron chi connectivity index (χ0n) is 17.8. The average molecular weight is 448 g/mol. The van der Waals surface area contributed by atoms with E-state index in [1.54, 1.807) is 18.4 Å². The fourth-order valence-corrected chi connectivity index (χ4v) is 4.27. The molecule has 1 amide bonds. The van der Waals surface area contributed by atoms with Crippen LogP contribution in [0.2, 0.25) is 0 Å². The van der Waals surface area contributed by atoms with Crippen molar-refractivity contribution in [1.29, 1.82) is 0 Å². The van der Waals surface area contributed by atoms with Gasteiger partial charge in [0, 0.05) is 25.6 Å². The summed E-state index contributed by atoms with van der Waals surface area (Å²) in [5.41, 5.74) is 2.05. The van der Waals surface area contributed by atoms with Gasteiger partial charge in [0.05, 0.1) is 17.3 Å². The van der Waals surface area contributed by atoms with E-state index in [0.29, 0.717) is 13.0 Å². The summed E-state index contributed by atoms with van der Waals surface area (Å²) >= 11 is 1.56. The van der Waals surface area contributed by atoms with Crippen LogP contribution in [0.15, 0.2) is 48.5 Å². The van der Waals surface area contributed by atoms with Crippen LogP contribution in [-0.2, 0) is 11.2 Å². The van der Waals surface area contributed by atoms with Gasteiger partial charge in [-0.2, -0.15) is 0 Å². The second-order valence-corrected chi connectivity index (χ2v) is 7.90. The van der Waals surface area contributed by atoms with Crippen LogP contribution in [0.25, 0.3) is 10.2 Å². The first-order valence-corrected chi connectivity index (χ1v) is 11.0. The Kier molecular flexibility index (Phi) is 9.56. The number of likely N-dealkylation sites (N-methyl/N-ethyl adjacent to an activating group) is 1. The van der Waals surface area contributed by atoms with Crippen LogP contribution >= 0.6 is 23.7 Å². The number of hydrogen-bond acceptors (Lipinski definition) is 5. The molecule has 162 valence electrons. The first-order valence-electron chi connectivity index (χ1n) is 10.2. The van der Waals surface area contributed by atoms with Crippen molar-refractivity contribution in [3.63, 3.8) is 0 Å². The molecule has 0 saturated heterocycles. The second-order valence-electron chi connectivity index (χ2n) is 6.89. The standard InChI is InChI=1S/C23H29N3O2S.ClH/c1-4-25(5-2)15-16-26(22(27)14-11-18-9-7-6-8-10-18)23-24-20-17-19(28-3)12-13-21(20)29-23;/h6-10,12-13,17H,4-5,11,14-16H2,1-3H3;1H. The molecule has 0 spiro atoms. The molecule has 2 aromatic carbocycles. The molecule has 0 N–H and O–H groups in total. The number of aromatic nitrogens is 1. The topological polar surface area (TPSA) is 45.7 Å². The van der Waals surface area contributed by atoms with Gasteiger partial charge in [-0.15, -0.1) is 12.4 Å². The predicted molar refractivity (Wildman–Crippen MR) is 128 cm³/mol. The van der Waals surface area contributed by atoms with Gasteiger partial charge in [0.1, 0.15) is 5.75 Å². The van der Waals surface area contributed by atoms with Crippen molar-refractivity contribution in [3.8, 4) is 5.75 Å². The molecule has 0 fully saturated rings. The van der Waals surface area contributed by atoms with Crippen LogP contribution in [0, 0.1) is 0 Å². The van der Waals surface area contributed by atoms with E-state index in [1.165, 1.54) is 5.56 Å². The molecule has 1 heterocycles. The van der Waals surface area contributed by atoms with E-state index in [9.17, 15) is 4.79 Å². The number of carbonyl (C=O) groups excluding carboxylic acids is 1. The van der Waals surface area contributed by atoms with Crippen molar-refractivity contribution in [2.24, 2.45) is 0 Å². The number of benzene rings is 2. The first-order chi connectivity index (χ1) is 14.1. The van der Waals surface area contributed by atoms with Crippen molar-refractivity contribution < 1.29 is 9.53 Å². The number of amides is 1. The lowest BCUT2D eigenvalue weighted by atomic mass is 10.1. The quantitative estimate of drug-likeness (QED) is 0.437. The summed E-state index contributed by atoms with van der Waals surface area (Å²) in [4.78, 5) is 22.1. The lowest BCUT2D eigenvalue weighted by Gasteiger charge is -2.24. The van der Waals surface area contributed by atoms with Crippen LogP contribution in [0.1, 0.15) is 25.8 Å². The third-order valence-corrected chi connectivity index (χ3v) is 6.18. The van der Waals surface area contributed by atoms with E-state index in [4.69, 9.17) is 9.72 Å². The molecule has 3 aromatic rings. The average Bonchev–Trinajstić information content (AvgIpc) is 3.18. The Hall–Kier alpha value is -2.15. The molecule has 0 saturated carbocycles. The number of nitrogens with zero attached hydrogens (tertiary/aromatic N) is 3. The molecule has 0 bridgehead atoms. The van der Waals surface area contributed by atoms with E-state index in [0.717, 1.165) is 47.2 Å². The number of halogens is 1. The van der Waals surface area contributed by atoms with Gasteiger partial charge in [-0.05, 0) is 37.2 Å². The van der Waals surface area contributed by atoms with Gasteiger partial charge < -0.3 is 9.64 Å². The highest BCUT2D eigenvalue weighted by molar-refractivity contribution is 7.22. The summed E-state index contributed by atoms with van der Waals surface area (Å²) < 4.78 is 6.37. The number of fused-ring (bicyclic) bond motifs is 1. The molecule has 3 rings (SSSR count). The summed E-state index contributed by atoms with van der Waals surface area (Å²) in [6.07, 6.45) is 1.21. The first kappa shape index (κ1) is 24.1. The van der Waals surface area contributed by atoms with Crippen LogP contribution in [-0.4, -0.2) is 49.1 Å². The summed E-state index contributed by atoms with van der Waals surface area (Å²) in [5, 5.41) is 0.762. The Morgan fingerprint density at radius 3 is 2.47 bits per heavy atom. The number of methoxy groups -OCH3 is 1. The zero-order valence-corrected chi connectivity index (χ0v) is 19.5. The van der Waals surface area contributed by atoms with E-state index >= 15 is 0 Å². The van der Waals surface area contributed by atoms with Gasteiger partial charge in [-0.25, -0.2) is 4.98 Å². The van der Waals surface area contributed by atoms with Gasteiger partial charge in [0.2, 0.25) is 5.91 Å². The Morgan fingerprint density at radius 2 is 1.80 bits per heavy atom. The fourth-order valence-electron chi connectivity index (χ4n) is 3.28. The lowest BCUT2D eigenvalue weighted by Crippen LogP contribution is -2.39. The van der Waals surface area contributed by atoms with Gasteiger partial charge >= 0.3 is 0 Å². The summed E-state index contributed by atoms with van der Waals surface area (Å²) in [5.74, 6) is 0.895. The third kappa shape index (κ3) is 6.17. The second kappa shape index (κ2) is 11.9. The summed E-state index contributed by atoms with van der Waals surface area (Å²) in [6, 6.07) is 16.0. The number of carbonyl (C=O) groups is 1. The van der Waals surface area contributed by atoms with Crippen molar-refractivity contribution in [2.75, 3.05) is 38.2 Å². The van der Waals surface area contributed by atoms with Gasteiger partial charge in [-0.1, -0.05) is 55.5 Å². The van der Waals surface area contributed by atoms with E-state index in [-0.39, 0.29) is 18.3 Å². The van der Waals surface area contributed by atoms with Gasteiger partial charge in [0.15, 0.2) is 5.13 Å². The van der Waals surface area contributed by atoms with Crippen LogP contribution in [0.3, 0.4) is 0 Å². The molecular formula is C23H30ClN3O2S. The zero-order chi connectivity index (χ0) is 20.6. The third-order valence-electron chi connectivity index (χ3n) is 5.12. The molecule has 0 radical (unpaired) electrons. The molecule has 1 aromatic heterocycles. The molecule has 30 heavy (non-hydrogen) atoms. The van der Waals surface area contributed by atoms with E-state index in [2.05, 4.69) is 30.9 Å². The Bertz CT molecular complexity index is 929. The van der Waals surface area contributed by atoms with E-state index in [1.807, 2.05) is 41.3 Å². The van der Waals surface area contributed by atoms with Crippen LogP contribution in [0.4, 0.5) is 5.13 Å². The maximum atomic E-state index is 13.2. The summed E-state index contributed by atoms with van der Waals surface area (Å²) in [6.45, 7) is 7.72. The number of anilines is 1. The summed E-state index contributed by atoms with van der Waals surface area (Å²) in [7, 11) is 1.65. The SMILES string of the molecule is CCN(CC)CCN(C(=O)CCc1ccccc1)c1nc2cc(OC)ccc2s1.Cl. The molecule has 7 heteroatoms. The highest BCUT2D eigenvalue weighted by Gasteiger charge is 2.20. The Balaban J connectivity index is 0.00000320. The molecular weight excluding hydrogens is 418 g/mol. The monoisotopic (exact) mass is 447 g/mol. The predicted octanol–water partition coefficient (Wildman–Crippen LogP) is 5.03. The normalized spacial score (nSPS) is 10.8. The lowest BCUT2D eigenvalue weighted by molar-refractivity contribution is -0.118. The number of rotatable bonds is 10. The highest BCUT2D eigenvalue weighted by atomic mass is 35.5. The van der Waals surface area contributed by atoms with Gasteiger partial charge in [0.25, 0.3) is 0 Å². The van der Waals surface area contributed by atoms with Crippen molar-refractivity contribution in [1.82, 2.24) is 9.88 Å². The number of aryl methyl sites for hydroxylation is 1. The molecule has 0 unspecified atom stereocenters. The number of hydrogen-bond donors (Lipinski definition) is 0. The maximum Gasteiger partial charge on any atom is 0.229 e. The number of ether oxygens (including phenoxy) is 1. The van der Waals surface area contributed by atoms with Crippen molar-refractivity contribution in [3.05, 3.63) is 54.1 Å². The Morgan fingerprint density at radius 1 is 1.07 bits per heavy atom. The Labute approximate surface area is 189 Å². The minimum absolute atomic E-state index is 0. The van der Waals surface area contributed by atoms with Gasteiger partial charge in [-0.3, -0.25) is 9.69 Å². The molecule has 0 atom stereocenters. The van der Waals surface area contributed by atoms with E-state index < -0.39 is 0 Å². The van der Waals surface area contributed by atoms with Crippen molar-refractivity contribution in [2.45, 2.75) is 26.7 Å². The minimum Gasteiger partial charge on any atom is -0.497 e. The van der Waals surface area contributed by atoms with Crippen LogP contribution in [0.5, 0.6) is 5.75 Å². The largest absolute Gasteiger partial charge is 0.497 e. The highest BCUT2D eigenvalue weighted by Crippen LogP contribution is 2.31. The molecule has 5 nitrogen and oxygen atoms in total. The fraction of sp³-hybridized carbons (Fsp3) is 0.391.